The molecule has 1 aromatic heterocycles. The van der Waals surface area contributed by atoms with Crippen LogP contribution in [0, 0.1) is 5.41 Å². The summed E-state index contributed by atoms with van der Waals surface area (Å²) < 4.78 is 36.3. The van der Waals surface area contributed by atoms with Crippen molar-refractivity contribution in [2.45, 2.75) is 19.4 Å². The molecule has 0 amide bonds. The lowest BCUT2D eigenvalue weighted by atomic mass is 10.1. The van der Waals surface area contributed by atoms with Gasteiger partial charge in [0.15, 0.2) is 0 Å². The van der Waals surface area contributed by atoms with Gasteiger partial charge in [0.25, 0.3) is 11.8 Å². The molecule has 9 nitrogen and oxygen atoms in total. The van der Waals surface area contributed by atoms with Crippen LogP contribution in [0.15, 0.2) is 10.7 Å². The SMILES string of the molecule is CC1(C)CSCCN1[n+]1cc(=N)o[n-]1.O=S(=O)(O)O. The Kier molecular flexibility index (Phi) is 5.01. The van der Waals surface area contributed by atoms with E-state index in [9.17, 15) is 0 Å². The molecule has 0 radical (unpaired) electrons. The van der Waals surface area contributed by atoms with Crippen molar-refractivity contribution in [2.24, 2.45) is 0 Å². The molecular weight excluding hydrogens is 296 g/mol. The van der Waals surface area contributed by atoms with E-state index in [0.29, 0.717) is 0 Å². The first kappa shape index (κ1) is 16.0. The minimum Gasteiger partial charge on any atom is -0.380 e. The summed E-state index contributed by atoms with van der Waals surface area (Å²) in [6, 6.07) is 0. The molecule has 19 heavy (non-hydrogen) atoms. The van der Waals surface area contributed by atoms with Crippen molar-refractivity contribution >= 4 is 22.2 Å². The van der Waals surface area contributed by atoms with Crippen LogP contribution >= 0.6 is 11.8 Å². The van der Waals surface area contributed by atoms with E-state index < -0.39 is 10.4 Å². The quantitative estimate of drug-likeness (QED) is 0.436. The van der Waals surface area contributed by atoms with Crippen molar-refractivity contribution in [1.82, 2.24) is 5.27 Å². The first-order valence-corrected chi connectivity index (χ1v) is 7.80. The molecule has 11 heteroatoms. The number of hydrogen-bond acceptors (Lipinski definition) is 6. The van der Waals surface area contributed by atoms with Gasteiger partial charge in [0.2, 0.25) is 0 Å². The zero-order chi connectivity index (χ0) is 14.7. The van der Waals surface area contributed by atoms with Crippen LogP contribution in [0.5, 0.6) is 0 Å². The molecule has 110 valence electrons. The Morgan fingerprint density at radius 2 is 2.16 bits per heavy atom. The molecule has 0 aromatic carbocycles. The van der Waals surface area contributed by atoms with Gasteiger partial charge in [0.1, 0.15) is 0 Å². The summed E-state index contributed by atoms with van der Waals surface area (Å²) in [4.78, 5) is 1.64. The normalized spacial score (nSPS) is 18.6. The van der Waals surface area contributed by atoms with E-state index in [1.807, 2.05) is 11.8 Å². The van der Waals surface area contributed by atoms with Gasteiger partial charge in [-0.2, -0.15) is 20.2 Å². The van der Waals surface area contributed by atoms with Gasteiger partial charge in [-0.15, -0.1) is 0 Å². The molecule has 2 rings (SSSR count). The monoisotopic (exact) mass is 312 g/mol. The Balaban J connectivity index is 0.000000312. The van der Waals surface area contributed by atoms with Gasteiger partial charge >= 0.3 is 10.4 Å². The second-order valence-corrected chi connectivity index (χ2v) is 6.42. The van der Waals surface area contributed by atoms with E-state index in [0.717, 1.165) is 18.1 Å². The van der Waals surface area contributed by atoms with Crippen molar-refractivity contribution in [1.29, 1.82) is 5.41 Å². The zero-order valence-corrected chi connectivity index (χ0v) is 12.1. The van der Waals surface area contributed by atoms with Gasteiger partial charge in [-0.3, -0.25) is 19.5 Å². The average Bonchev–Trinajstić information content (AvgIpc) is 2.61. The summed E-state index contributed by atoms with van der Waals surface area (Å²) in [6.45, 7) is 5.28. The standard InChI is InChI=1S/C8H14N4OS.H2O4S/c1-8(2)6-14-4-3-11(8)12-5-7(9)13-10-12;1-5(2,3)4/h5,9H,3-4,6H2,1-2H3;(H2,1,2,3,4). The third-order valence-electron chi connectivity index (χ3n) is 2.30. The molecule has 0 atom stereocenters. The minimum atomic E-state index is -4.67. The molecule has 1 aliphatic rings. The third-order valence-corrected chi connectivity index (χ3v) is 3.69. The van der Waals surface area contributed by atoms with Crippen molar-refractivity contribution in [2.75, 3.05) is 23.1 Å². The third kappa shape index (κ3) is 5.63. The first-order chi connectivity index (χ1) is 8.59. The Morgan fingerprint density at radius 1 is 1.58 bits per heavy atom. The largest absolute Gasteiger partial charge is 0.394 e. The summed E-state index contributed by atoms with van der Waals surface area (Å²) in [5, 5.41) is 13.2. The fraction of sp³-hybridized carbons (Fsp3) is 0.750. The highest BCUT2D eigenvalue weighted by Gasteiger charge is 2.30. The predicted octanol–water partition coefficient (Wildman–Crippen LogP) is -1.19. The lowest BCUT2D eigenvalue weighted by molar-refractivity contribution is -0.770. The van der Waals surface area contributed by atoms with E-state index >= 15 is 0 Å². The highest BCUT2D eigenvalue weighted by Crippen LogP contribution is 2.21. The number of nitrogens with one attached hydrogen (secondary N) is 1. The number of hydrogen-bond donors (Lipinski definition) is 3. The number of thioether (sulfide) groups is 1. The van der Waals surface area contributed by atoms with Crippen molar-refractivity contribution < 1.29 is 26.8 Å². The minimum absolute atomic E-state index is 0.0664. The van der Waals surface area contributed by atoms with Gasteiger partial charge in [-0.25, -0.2) is 0 Å². The Morgan fingerprint density at radius 3 is 2.58 bits per heavy atom. The summed E-state index contributed by atoms with van der Waals surface area (Å²) in [7, 11) is -4.67. The molecule has 0 saturated carbocycles. The molecule has 1 aromatic rings. The molecule has 0 bridgehead atoms. The van der Waals surface area contributed by atoms with Crippen LogP contribution in [0.25, 0.3) is 0 Å². The van der Waals surface area contributed by atoms with Gasteiger partial charge in [0, 0.05) is 17.8 Å². The van der Waals surface area contributed by atoms with E-state index in [2.05, 4.69) is 24.1 Å². The molecule has 0 aliphatic carbocycles. The number of rotatable bonds is 1. The number of nitrogens with zero attached hydrogens (tertiary/aromatic N) is 3. The van der Waals surface area contributed by atoms with Crippen molar-refractivity contribution in [3.63, 3.8) is 0 Å². The first-order valence-electron chi connectivity index (χ1n) is 5.25. The Hall–Kier alpha value is -1.04. The maximum absolute atomic E-state index is 8.74. The number of aromatic nitrogens is 2. The lowest BCUT2D eigenvalue weighted by Crippen LogP contribution is -2.71. The fourth-order valence-corrected chi connectivity index (χ4v) is 2.68. The van der Waals surface area contributed by atoms with Gasteiger partial charge in [0.05, 0.1) is 0 Å². The average molecular weight is 312 g/mol. The molecule has 1 fully saturated rings. The van der Waals surface area contributed by atoms with Gasteiger partial charge in [-0.1, -0.05) is 18.6 Å². The highest BCUT2D eigenvalue weighted by molar-refractivity contribution is 7.99. The van der Waals surface area contributed by atoms with Crippen LogP contribution in [0.3, 0.4) is 0 Å². The summed E-state index contributed by atoms with van der Waals surface area (Å²) in [5.41, 5.74) is 0.163. The Bertz CT molecular complexity index is 556. The van der Waals surface area contributed by atoms with Crippen LogP contribution in [-0.4, -0.2) is 41.1 Å². The van der Waals surface area contributed by atoms with Crippen LogP contribution in [0.2, 0.25) is 0 Å². The van der Waals surface area contributed by atoms with E-state index in [4.69, 9.17) is 27.5 Å². The Labute approximate surface area is 114 Å². The maximum Gasteiger partial charge on any atom is 0.394 e. The molecular formula is C8H16N4O5S2. The molecule has 1 saturated heterocycles. The van der Waals surface area contributed by atoms with Crippen LogP contribution in [-0.2, 0) is 10.4 Å². The van der Waals surface area contributed by atoms with Gasteiger partial charge in [-0.05, 0) is 11.0 Å². The topological polar surface area (TPSA) is 133 Å². The lowest BCUT2D eigenvalue weighted by Gasteiger charge is -2.42. The second kappa shape index (κ2) is 5.94. The predicted molar refractivity (Wildman–Crippen MR) is 66.7 cm³/mol. The summed E-state index contributed by atoms with van der Waals surface area (Å²) >= 11 is 1.95. The van der Waals surface area contributed by atoms with E-state index in [1.165, 1.54) is 0 Å². The second-order valence-electron chi connectivity index (χ2n) is 4.42. The van der Waals surface area contributed by atoms with E-state index in [1.54, 1.807) is 11.0 Å². The smallest absolute Gasteiger partial charge is 0.380 e. The summed E-state index contributed by atoms with van der Waals surface area (Å²) in [5.74, 6) is 2.16. The zero-order valence-electron chi connectivity index (χ0n) is 10.5. The highest BCUT2D eigenvalue weighted by atomic mass is 32.3. The van der Waals surface area contributed by atoms with Crippen molar-refractivity contribution in [3.8, 4) is 0 Å². The maximum atomic E-state index is 8.74. The van der Waals surface area contributed by atoms with E-state index in [-0.39, 0.29) is 11.1 Å². The molecule has 2 heterocycles. The molecule has 0 unspecified atom stereocenters. The molecule has 1 aliphatic heterocycles. The van der Waals surface area contributed by atoms with Gasteiger partial charge < -0.3 is 4.52 Å². The van der Waals surface area contributed by atoms with Crippen LogP contribution in [0.1, 0.15) is 13.8 Å². The molecule has 3 N–H and O–H groups in total. The molecule has 0 spiro atoms. The van der Waals surface area contributed by atoms with Crippen molar-refractivity contribution in [3.05, 3.63) is 11.8 Å². The summed E-state index contributed by atoms with van der Waals surface area (Å²) in [6.07, 6.45) is 1.59. The van der Waals surface area contributed by atoms with Crippen LogP contribution < -0.4 is 20.6 Å². The van der Waals surface area contributed by atoms with Crippen LogP contribution in [0.4, 0.5) is 0 Å². The fourth-order valence-electron chi connectivity index (χ4n) is 1.58.